The van der Waals surface area contributed by atoms with Crippen LogP contribution in [0.3, 0.4) is 0 Å². The number of unbranched alkanes of at least 4 members (excludes halogenated alkanes) is 1. The Morgan fingerprint density at radius 3 is 2.81 bits per heavy atom. The molecule has 16 heavy (non-hydrogen) atoms. The zero-order valence-electron chi connectivity index (χ0n) is 8.49. The van der Waals surface area contributed by atoms with E-state index in [2.05, 4.69) is 15.9 Å². The molecule has 0 fully saturated rings. The van der Waals surface area contributed by atoms with Gasteiger partial charge in [0.25, 0.3) is 5.69 Å². The Labute approximate surface area is 107 Å². The van der Waals surface area contributed by atoms with Crippen LogP contribution in [0.4, 0.5) is 5.69 Å². The van der Waals surface area contributed by atoms with Crippen LogP contribution in [-0.2, 0) is 0 Å². The van der Waals surface area contributed by atoms with Crippen LogP contribution >= 0.6 is 27.5 Å². The molecule has 0 saturated carbocycles. The first-order valence-corrected chi connectivity index (χ1v) is 6.28. The molecule has 0 spiro atoms. The first-order chi connectivity index (χ1) is 7.65. The van der Waals surface area contributed by atoms with Crippen LogP contribution in [0.25, 0.3) is 0 Å². The van der Waals surface area contributed by atoms with Crippen molar-refractivity contribution in [2.45, 2.75) is 12.8 Å². The molecule has 0 unspecified atom stereocenters. The van der Waals surface area contributed by atoms with Crippen LogP contribution in [0.15, 0.2) is 18.2 Å². The lowest BCUT2D eigenvalue weighted by Crippen LogP contribution is -1.99. The summed E-state index contributed by atoms with van der Waals surface area (Å²) in [6.45, 7) is 0.506. The average molecular weight is 309 g/mol. The molecule has 0 atom stereocenters. The van der Waals surface area contributed by atoms with Crippen molar-refractivity contribution < 1.29 is 9.66 Å². The van der Waals surface area contributed by atoms with Gasteiger partial charge in [-0.3, -0.25) is 10.1 Å². The molecule has 0 heterocycles. The number of rotatable bonds is 6. The monoisotopic (exact) mass is 307 g/mol. The maximum atomic E-state index is 10.5. The molecule has 88 valence electrons. The molecule has 0 aromatic heterocycles. The number of hydrogen-bond acceptors (Lipinski definition) is 3. The molecule has 0 aliphatic heterocycles. The minimum absolute atomic E-state index is 0.0140. The maximum Gasteiger partial charge on any atom is 0.273 e. The van der Waals surface area contributed by atoms with Crippen molar-refractivity contribution in [3.8, 4) is 5.75 Å². The summed E-state index contributed by atoms with van der Waals surface area (Å²) in [5.74, 6) is 0.366. The van der Waals surface area contributed by atoms with E-state index < -0.39 is 4.92 Å². The molecule has 6 heteroatoms. The molecule has 0 N–H and O–H groups in total. The van der Waals surface area contributed by atoms with Crippen molar-refractivity contribution in [2.24, 2.45) is 0 Å². The molecule has 4 nitrogen and oxygen atoms in total. The van der Waals surface area contributed by atoms with E-state index >= 15 is 0 Å². The highest BCUT2D eigenvalue weighted by Crippen LogP contribution is 2.28. The van der Waals surface area contributed by atoms with Crippen LogP contribution in [0.5, 0.6) is 5.75 Å². The summed E-state index contributed by atoms with van der Waals surface area (Å²) in [5, 5.41) is 11.9. The fourth-order valence-electron chi connectivity index (χ4n) is 1.09. The highest BCUT2D eigenvalue weighted by molar-refractivity contribution is 9.09. The highest BCUT2D eigenvalue weighted by Gasteiger charge is 2.10. The van der Waals surface area contributed by atoms with E-state index in [1.807, 2.05) is 0 Å². The summed E-state index contributed by atoms with van der Waals surface area (Å²) in [6.07, 6.45) is 1.87. The van der Waals surface area contributed by atoms with E-state index in [0.29, 0.717) is 17.4 Å². The summed E-state index contributed by atoms with van der Waals surface area (Å²) in [5.41, 5.74) is -0.0140. The van der Waals surface area contributed by atoms with Gasteiger partial charge in [-0.2, -0.15) is 0 Å². The quantitative estimate of drug-likeness (QED) is 0.347. The average Bonchev–Trinajstić information content (AvgIpc) is 2.26. The summed E-state index contributed by atoms with van der Waals surface area (Å²) in [7, 11) is 0. The molecule has 0 amide bonds. The van der Waals surface area contributed by atoms with Crippen LogP contribution in [0, 0.1) is 10.1 Å². The highest BCUT2D eigenvalue weighted by atomic mass is 79.9. The van der Waals surface area contributed by atoms with Crippen molar-refractivity contribution in [3.05, 3.63) is 33.3 Å². The third-order valence-electron chi connectivity index (χ3n) is 1.91. The Balaban J connectivity index is 2.63. The van der Waals surface area contributed by atoms with Gasteiger partial charge in [0, 0.05) is 11.4 Å². The minimum Gasteiger partial charge on any atom is -0.492 e. The predicted molar refractivity (Wildman–Crippen MR) is 66.6 cm³/mol. The molecular weight excluding hydrogens is 297 g/mol. The lowest BCUT2D eigenvalue weighted by Gasteiger charge is -2.06. The topological polar surface area (TPSA) is 52.4 Å². The van der Waals surface area contributed by atoms with Crippen molar-refractivity contribution >= 4 is 33.2 Å². The lowest BCUT2D eigenvalue weighted by molar-refractivity contribution is -0.384. The van der Waals surface area contributed by atoms with Crippen molar-refractivity contribution in [2.75, 3.05) is 11.9 Å². The number of nitro groups is 1. The number of non-ortho nitro benzene ring substituents is 1. The fourth-order valence-corrected chi connectivity index (χ4v) is 1.66. The Hall–Kier alpha value is -0.810. The van der Waals surface area contributed by atoms with E-state index in [0.717, 1.165) is 18.2 Å². The van der Waals surface area contributed by atoms with Crippen LogP contribution in [0.2, 0.25) is 5.02 Å². The summed E-state index contributed by atoms with van der Waals surface area (Å²) in [6, 6.07) is 4.17. The molecular formula is C10H11BrClNO3. The third kappa shape index (κ3) is 3.98. The molecule has 1 aromatic rings. The largest absolute Gasteiger partial charge is 0.492 e. The Bertz CT molecular complexity index is 373. The van der Waals surface area contributed by atoms with E-state index in [-0.39, 0.29) is 5.69 Å². The zero-order valence-corrected chi connectivity index (χ0v) is 10.8. The number of ether oxygens (including phenoxy) is 1. The molecule has 0 radical (unpaired) electrons. The van der Waals surface area contributed by atoms with Crippen molar-refractivity contribution in [1.82, 2.24) is 0 Å². The number of hydrogen-bond donors (Lipinski definition) is 0. The van der Waals surface area contributed by atoms with Crippen LogP contribution in [-0.4, -0.2) is 16.9 Å². The normalized spacial score (nSPS) is 10.1. The minimum atomic E-state index is -0.471. The summed E-state index contributed by atoms with van der Waals surface area (Å²) >= 11 is 9.17. The fraction of sp³-hybridized carbons (Fsp3) is 0.400. The molecule has 0 aliphatic carbocycles. The molecule has 0 aliphatic rings. The summed E-state index contributed by atoms with van der Waals surface area (Å²) in [4.78, 5) is 10.1. The van der Waals surface area contributed by atoms with Gasteiger partial charge in [-0.25, -0.2) is 0 Å². The standard InChI is InChI=1S/C10H11BrClNO3/c11-5-1-2-6-16-10-7-8(13(14)15)3-4-9(10)12/h3-4,7H,1-2,5-6H2. The molecule has 0 bridgehead atoms. The van der Waals surface area contributed by atoms with Crippen LogP contribution < -0.4 is 4.74 Å². The number of nitro benzene ring substituents is 1. The Morgan fingerprint density at radius 2 is 2.19 bits per heavy atom. The first-order valence-electron chi connectivity index (χ1n) is 4.78. The van der Waals surface area contributed by atoms with Gasteiger partial charge in [-0.15, -0.1) is 0 Å². The number of benzene rings is 1. The van der Waals surface area contributed by atoms with Gasteiger partial charge in [0.1, 0.15) is 5.75 Å². The number of nitrogens with zero attached hydrogens (tertiary/aromatic N) is 1. The Morgan fingerprint density at radius 1 is 1.44 bits per heavy atom. The van der Waals surface area contributed by atoms with Gasteiger partial charge in [0.2, 0.25) is 0 Å². The zero-order chi connectivity index (χ0) is 12.0. The second kappa shape index (κ2) is 6.70. The van der Waals surface area contributed by atoms with E-state index in [1.165, 1.54) is 18.2 Å². The predicted octanol–water partition coefficient (Wildman–Crippen LogP) is 3.80. The second-order valence-electron chi connectivity index (χ2n) is 3.12. The summed E-state index contributed by atoms with van der Waals surface area (Å²) < 4.78 is 5.37. The lowest BCUT2D eigenvalue weighted by atomic mass is 10.3. The van der Waals surface area contributed by atoms with Crippen LogP contribution in [0.1, 0.15) is 12.8 Å². The van der Waals surface area contributed by atoms with Gasteiger partial charge in [0.05, 0.1) is 22.6 Å². The van der Waals surface area contributed by atoms with Gasteiger partial charge in [-0.05, 0) is 18.9 Å². The smallest absolute Gasteiger partial charge is 0.273 e. The van der Waals surface area contributed by atoms with Crippen molar-refractivity contribution in [3.63, 3.8) is 0 Å². The van der Waals surface area contributed by atoms with Gasteiger partial charge >= 0.3 is 0 Å². The first kappa shape index (κ1) is 13.3. The molecule has 1 rings (SSSR count). The third-order valence-corrected chi connectivity index (χ3v) is 2.78. The SMILES string of the molecule is O=[N+]([O-])c1ccc(Cl)c(OCCCCBr)c1. The number of alkyl halides is 1. The van der Waals surface area contributed by atoms with E-state index in [1.54, 1.807) is 0 Å². The maximum absolute atomic E-state index is 10.5. The van der Waals surface area contributed by atoms with Gasteiger partial charge in [0.15, 0.2) is 0 Å². The second-order valence-corrected chi connectivity index (χ2v) is 4.32. The number of halogens is 2. The van der Waals surface area contributed by atoms with E-state index in [4.69, 9.17) is 16.3 Å². The van der Waals surface area contributed by atoms with Gasteiger partial charge in [-0.1, -0.05) is 27.5 Å². The van der Waals surface area contributed by atoms with Crippen molar-refractivity contribution in [1.29, 1.82) is 0 Å². The van der Waals surface area contributed by atoms with Gasteiger partial charge < -0.3 is 4.74 Å². The molecule has 1 aromatic carbocycles. The molecule has 0 saturated heterocycles. The Kier molecular flexibility index (Phi) is 5.55. The van der Waals surface area contributed by atoms with E-state index in [9.17, 15) is 10.1 Å².